The van der Waals surface area contributed by atoms with Crippen LogP contribution in [-0.2, 0) is 0 Å². The summed E-state index contributed by atoms with van der Waals surface area (Å²) in [5, 5.41) is 9.40. The SMILES string of the molecule is CCOc1ccc2c(c1F)c(=O)oc1c(F)c(O)ccc12. The topological polar surface area (TPSA) is 59.7 Å². The first-order valence-corrected chi connectivity index (χ1v) is 6.24. The first-order valence-electron chi connectivity index (χ1n) is 6.24. The van der Waals surface area contributed by atoms with E-state index in [-0.39, 0.29) is 28.5 Å². The molecule has 0 saturated heterocycles. The van der Waals surface area contributed by atoms with Gasteiger partial charge in [-0.25, -0.2) is 9.18 Å². The quantitative estimate of drug-likeness (QED) is 0.581. The van der Waals surface area contributed by atoms with Crippen LogP contribution in [0.2, 0.25) is 0 Å². The fourth-order valence-electron chi connectivity index (χ4n) is 2.25. The van der Waals surface area contributed by atoms with E-state index < -0.39 is 28.6 Å². The number of ether oxygens (including phenoxy) is 1. The third-order valence-corrected chi connectivity index (χ3v) is 3.17. The molecule has 3 rings (SSSR count). The van der Waals surface area contributed by atoms with Crippen LogP contribution in [0.25, 0.3) is 21.7 Å². The van der Waals surface area contributed by atoms with Crippen molar-refractivity contribution in [2.24, 2.45) is 0 Å². The highest BCUT2D eigenvalue weighted by Gasteiger charge is 2.18. The van der Waals surface area contributed by atoms with E-state index in [1.54, 1.807) is 6.92 Å². The standard InChI is InChI=1S/C15H10F2O4/c1-2-20-10-6-4-7-8-3-5-9(18)12(16)14(8)21-15(19)11(7)13(10)17/h3-6,18H,2H2,1H3. The molecule has 0 aliphatic rings. The monoisotopic (exact) mass is 292 g/mol. The third kappa shape index (κ3) is 1.91. The van der Waals surface area contributed by atoms with Gasteiger partial charge < -0.3 is 14.3 Å². The molecule has 108 valence electrons. The van der Waals surface area contributed by atoms with Gasteiger partial charge in [0.1, 0.15) is 5.39 Å². The molecule has 0 unspecified atom stereocenters. The molecule has 2 aromatic carbocycles. The van der Waals surface area contributed by atoms with Crippen LogP contribution in [0.4, 0.5) is 8.78 Å². The maximum atomic E-state index is 14.3. The number of aromatic hydroxyl groups is 1. The molecule has 0 spiro atoms. The van der Waals surface area contributed by atoms with Gasteiger partial charge in [-0.3, -0.25) is 0 Å². The Morgan fingerprint density at radius 2 is 1.86 bits per heavy atom. The molecule has 0 aliphatic heterocycles. The van der Waals surface area contributed by atoms with Crippen molar-refractivity contribution in [2.45, 2.75) is 6.92 Å². The zero-order chi connectivity index (χ0) is 15.1. The van der Waals surface area contributed by atoms with Crippen LogP contribution >= 0.6 is 0 Å². The van der Waals surface area contributed by atoms with Crippen molar-refractivity contribution in [3.8, 4) is 11.5 Å². The van der Waals surface area contributed by atoms with Crippen molar-refractivity contribution in [3.05, 3.63) is 46.3 Å². The lowest BCUT2D eigenvalue weighted by Crippen LogP contribution is -2.05. The van der Waals surface area contributed by atoms with Gasteiger partial charge in [-0.2, -0.15) is 4.39 Å². The number of hydrogen-bond acceptors (Lipinski definition) is 4. The molecular formula is C15H10F2O4. The van der Waals surface area contributed by atoms with Crippen LogP contribution in [0.3, 0.4) is 0 Å². The lowest BCUT2D eigenvalue weighted by Gasteiger charge is -2.08. The number of hydrogen-bond donors (Lipinski definition) is 1. The minimum atomic E-state index is -1.05. The van der Waals surface area contributed by atoms with Crippen molar-refractivity contribution in [1.29, 1.82) is 0 Å². The highest BCUT2D eigenvalue weighted by atomic mass is 19.1. The fourth-order valence-corrected chi connectivity index (χ4v) is 2.25. The molecular weight excluding hydrogens is 282 g/mol. The smallest absolute Gasteiger partial charge is 0.347 e. The van der Waals surface area contributed by atoms with Crippen molar-refractivity contribution in [3.63, 3.8) is 0 Å². The maximum Gasteiger partial charge on any atom is 0.347 e. The van der Waals surface area contributed by atoms with E-state index in [4.69, 9.17) is 9.15 Å². The number of benzene rings is 2. The molecule has 1 heterocycles. The lowest BCUT2D eigenvalue weighted by molar-refractivity contribution is 0.323. The predicted octanol–water partition coefficient (Wildman–Crippen LogP) is 3.33. The number of fused-ring (bicyclic) bond motifs is 3. The molecule has 0 aliphatic carbocycles. The van der Waals surface area contributed by atoms with Gasteiger partial charge in [-0.05, 0) is 31.2 Å². The van der Waals surface area contributed by atoms with Crippen LogP contribution in [0.15, 0.2) is 33.5 Å². The average molecular weight is 292 g/mol. The average Bonchev–Trinajstić information content (AvgIpc) is 2.46. The number of phenolic OH excluding ortho intramolecular Hbond substituents is 1. The van der Waals surface area contributed by atoms with Gasteiger partial charge >= 0.3 is 5.63 Å². The summed E-state index contributed by atoms with van der Waals surface area (Å²) in [6, 6.07) is 5.30. The zero-order valence-corrected chi connectivity index (χ0v) is 10.9. The summed E-state index contributed by atoms with van der Waals surface area (Å²) in [6.45, 7) is 1.93. The number of rotatable bonds is 2. The second-order valence-corrected chi connectivity index (χ2v) is 4.40. The Balaban J connectivity index is 2.50. The Labute approximate surface area is 117 Å². The van der Waals surface area contributed by atoms with Crippen LogP contribution < -0.4 is 10.4 Å². The molecule has 0 bridgehead atoms. The molecule has 0 fully saturated rings. The molecule has 4 nitrogen and oxygen atoms in total. The van der Waals surface area contributed by atoms with E-state index in [1.165, 1.54) is 18.2 Å². The van der Waals surface area contributed by atoms with E-state index in [2.05, 4.69) is 0 Å². The van der Waals surface area contributed by atoms with E-state index >= 15 is 0 Å². The Morgan fingerprint density at radius 3 is 2.57 bits per heavy atom. The predicted molar refractivity (Wildman–Crippen MR) is 72.7 cm³/mol. The number of halogens is 2. The van der Waals surface area contributed by atoms with Crippen LogP contribution in [0.1, 0.15) is 6.92 Å². The van der Waals surface area contributed by atoms with E-state index in [1.807, 2.05) is 0 Å². The maximum absolute atomic E-state index is 14.3. The van der Waals surface area contributed by atoms with Crippen LogP contribution in [-0.4, -0.2) is 11.7 Å². The van der Waals surface area contributed by atoms with Crippen LogP contribution in [0, 0.1) is 11.6 Å². The van der Waals surface area contributed by atoms with Gasteiger partial charge in [-0.1, -0.05) is 0 Å². The largest absolute Gasteiger partial charge is 0.505 e. The Morgan fingerprint density at radius 1 is 1.14 bits per heavy atom. The second kappa shape index (κ2) is 4.73. The normalized spacial score (nSPS) is 11.2. The molecule has 1 N–H and O–H groups in total. The summed E-state index contributed by atoms with van der Waals surface area (Å²) in [4.78, 5) is 11.9. The first-order chi connectivity index (χ1) is 10.0. The molecule has 6 heteroatoms. The minimum absolute atomic E-state index is 0.0732. The van der Waals surface area contributed by atoms with E-state index in [0.717, 1.165) is 6.07 Å². The van der Waals surface area contributed by atoms with Gasteiger partial charge in [0.2, 0.25) is 5.82 Å². The Hall–Kier alpha value is -2.63. The lowest BCUT2D eigenvalue weighted by atomic mass is 10.1. The van der Waals surface area contributed by atoms with Crippen molar-refractivity contribution >= 4 is 21.7 Å². The summed E-state index contributed by atoms with van der Waals surface area (Å²) < 4.78 is 38.0. The fraction of sp³-hybridized carbons (Fsp3) is 0.133. The van der Waals surface area contributed by atoms with Crippen LogP contribution in [0.5, 0.6) is 11.5 Å². The Bertz CT molecular complexity index is 915. The molecule has 3 aromatic rings. The van der Waals surface area contributed by atoms with Gasteiger partial charge in [0.15, 0.2) is 22.9 Å². The summed E-state index contributed by atoms with van der Waals surface area (Å²) in [5.41, 5.74) is -1.43. The molecule has 0 saturated carbocycles. The first kappa shape index (κ1) is 13.4. The van der Waals surface area contributed by atoms with Gasteiger partial charge in [0, 0.05) is 10.8 Å². The molecule has 0 radical (unpaired) electrons. The molecule has 0 atom stereocenters. The highest BCUT2D eigenvalue weighted by molar-refractivity contribution is 6.05. The molecule has 1 aromatic heterocycles. The summed E-state index contributed by atoms with van der Waals surface area (Å²) in [6.07, 6.45) is 0. The third-order valence-electron chi connectivity index (χ3n) is 3.17. The molecule has 0 amide bonds. The highest BCUT2D eigenvalue weighted by Crippen LogP contribution is 2.32. The van der Waals surface area contributed by atoms with Crippen molar-refractivity contribution in [1.82, 2.24) is 0 Å². The van der Waals surface area contributed by atoms with Gasteiger partial charge in [-0.15, -0.1) is 0 Å². The van der Waals surface area contributed by atoms with Gasteiger partial charge in [0.25, 0.3) is 0 Å². The van der Waals surface area contributed by atoms with Crippen molar-refractivity contribution < 1.29 is 23.0 Å². The van der Waals surface area contributed by atoms with E-state index in [9.17, 15) is 18.7 Å². The Kier molecular flexibility index (Phi) is 3.01. The second-order valence-electron chi connectivity index (χ2n) is 4.40. The van der Waals surface area contributed by atoms with E-state index in [0.29, 0.717) is 0 Å². The molecule has 21 heavy (non-hydrogen) atoms. The van der Waals surface area contributed by atoms with Crippen molar-refractivity contribution in [2.75, 3.05) is 6.61 Å². The number of phenols is 1. The summed E-state index contributed by atoms with van der Waals surface area (Å²) in [5.74, 6) is -2.62. The summed E-state index contributed by atoms with van der Waals surface area (Å²) in [7, 11) is 0. The summed E-state index contributed by atoms with van der Waals surface area (Å²) >= 11 is 0. The minimum Gasteiger partial charge on any atom is -0.505 e. The van der Waals surface area contributed by atoms with Gasteiger partial charge in [0.05, 0.1) is 6.61 Å². The zero-order valence-electron chi connectivity index (χ0n) is 10.9.